The van der Waals surface area contributed by atoms with Gasteiger partial charge in [0.1, 0.15) is 0 Å². The van der Waals surface area contributed by atoms with Gasteiger partial charge >= 0.3 is 0 Å². The highest BCUT2D eigenvalue weighted by Crippen LogP contribution is 2.27. The molecule has 0 aliphatic carbocycles. The summed E-state index contributed by atoms with van der Waals surface area (Å²) in [6.07, 6.45) is 0.818. The van der Waals surface area contributed by atoms with Crippen LogP contribution in [0.25, 0.3) is 0 Å². The minimum atomic E-state index is -0.227. The lowest BCUT2D eigenvalue weighted by Gasteiger charge is -2.24. The van der Waals surface area contributed by atoms with Gasteiger partial charge in [-0.05, 0) is 56.6 Å². The van der Waals surface area contributed by atoms with E-state index in [-0.39, 0.29) is 11.9 Å². The van der Waals surface area contributed by atoms with E-state index in [0.717, 1.165) is 41.3 Å². The third kappa shape index (κ3) is 4.99. The molecule has 0 aliphatic rings. The molecule has 2 rings (SSSR count). The molecule has 0 fully saturated rings. The van der Waals surface area contributed by atoms with Gasteiger partial charge in [-0.1, -0.05) is 24.3 Å². The number of para-hydroxylation sites is 1. The van der Waals surface area contributed by atoms with Crippen LogP contribution >= 0.6 is 0 Å². The first-order valence-electron chi connectivity index (χ1n) is 8.74. The lowest BCUT2D eigenvalue weighted by Crippen LogP contribution is -2.40. The molecule has 0 heterocycles. The smallest absolute Gasteiger partial charge is 0.241 e. The molecule has 0 bridgehead atoms. The van der Waals surface area contributed by atoms with Gasteiger partial charge < -0.3 is 14.8 Å². The van der Waals surface area contributed by atoms with Crippen LogP contribution in [0.2, 0.25) is 0 Å². The minimum absolute atomic E-state index is 0.00545. The molecule has 0 aliphatic heterocycles. The summed E-state index contributed by atoms with van der Waals surface area (Å²) in [5, 5.41) is 3.01. The van der Waals surface area contributed by atoms with E-state index in [4.69, 9.17) is 9.47 Å². The van der Waals surface area contributed by atoms with Crippen molar-refractivity contribution < 1.29 is 14.3 Å². The van der Waals surface area contributed by atoms with Gasteiger partial charge in [0.2, 0.25) is 5.91 Å². The number of rotatable bonds is 8. The van der Waals surface area contributed by atoms with Gasteiger partial charge in [-0.15, -0.1) is 0 Å². The van der Waals surface area contributed by atoms with Crippen LogP contribution in [-0.2, 0) is 11.2 Å². The van der Waals surface area contributed by atoms with Gasteiger partial charge in [-0.3, -0.25) is 9.69 Å². The number of likely N-dealkylation sites (N-methyl/N-ethyl adjacent to an activating group) is 1. The molecule has 140 valence electrons. The summed E-state index contributed by atoms with van der Waals surface area (Å²) in [7, 11) is 5.22. The Kier molecular flexibility index (Phi) is 7.04. The molecule has 0 saturated heterocycles. The number of aryl methyl sites for hydroxylation is 1. The monoisotopic (exact) mass is 356 g/mol. The highest BCUT2D eigenvalue weighted by Gasteiger charge is 2.18. The van der Waals surface area contributed by atoms with Crippen LogP contribution in [0.15, 0.2) is 42.5 Å². The highest BCUT2D eigenvalue weighted by atomic mass is 16.5. The van der Waals surface area contributed by atoms with E-state index in [2.05, 4.69) is 5.32 Å². The Morgan fingerprint density at radius 3 is 2.46 bits per heavy atom. The predicted molar refractivity (Wildman–Crippen MR) is 105 cm³/mol. The van der Waals surface area contributed by atoms with Crippen molar-refractivity contribution in [3.63, 3.8) is 0 Å². The number of benzene rings is 2. The Balaban J connectivity index is 1.93. The lowest BCUT2D eigenvalue weighted by atomic mass is 10.1. The van der Waals surface area contributed by atoms with Crippen LogP contribution in [0.5, 0.6) is 11.5 Å². The number of hydrogen-bond acceptors (Lipinski definition) is 4. The van der Waals surface area contributed by atoms with Gasteiger partial charge in [-0.2, -0.15) is 0 Å². The summed E-state index contributed by atoms with van der Waals surface area (Å²) in [5.74, 6) is 1.43. The van der Waals surface area contributed by atoms with Gasteiger partial charge in [0.15, 0.2) is 11.5 Å². The number of methoxy groups -OCH3 is 2. The third-order valence-corrected chi connectivity index (χ3v) is 4.64. The van der Waals surface area contributed by atoms with Crippen molar-refractivity contribution in [2.24, 2.45) is 0 Å². The first-order chi connectivity index (χ1) is 12.5. The zero-order valence-corrected chi connectivity index (χ0v) is 16.2. The van der Waals surface area contributed by atoms with Crippen molar-refractivity contribution in [3.05, 3.63) is 53.6 Å². The fraction of sp³-hybridized carbons (Fsp3) is 0.381. The van der Waals surface area contributed by atoms with Crippen LogP contribution in [-0.4, -0.2) is 44.7 Å². The van der Waals surface area contributed by atoms with Crippen molar-refractivity contribution in [1.82, 2.24) is 4.90 Å². The molecule has 0 radical (unpaired) electrons. The number of nitrogens with one attached hydrogen (secondary N) is 1. The SMILES string of the molecule is COc1ccc(CCN(C)[C@@H](C)C(=O)Nc2ccccc2C)cc1OC. The molecule has 1 amide bonds. The topological polar surface area (TPSA) is 50.8 Å². The van der Waals surface area contributed by atoms with Crippen molar-refractivity contribution >= 4 is 11.6 Å². The minimum Gasteiger partial charge on any atom is -0.493 e. The Bertz CT molecular complexity index is 746. The molecular weight excluding hydrogens is 328 g/mol. The summed E-state index contributed by atoms with van der Waals surface area (Å²) in [6, 6.07) is 13.5. The molecule has 0 aromatic heterocycles. The molecule has 0 saturated carbocycles. The summed E-state index contributed by atoms with van der Waals surface area (Å²) >= 11 is 0. The first-order valence-corrected chi connectivity index (χ1v) is 8.74. The second kappa shape index (κ2) is 9.25. The maximum atomic E-state index is 12.5. The van der Waals surface area contributed by atoms with Crippen molar-refractivity contribution in [2.75, 3.05) is 33.1 Å². The highest BCUT2D eigenvalue weighted by molar-refractivity contribution is 5.95. The van der Waals surface area contributed by atoms with E-state index in [1.54, 1.807) is 14.2 Å². The first kappa shape index (κ1) is 19.8. The molecular formula is C21H28N2O3. The summed E-state index contributed by atoms with van der Waals surface area (Å²) in [4.78, 5) is 14.6. The van der Waals surface area contributed by atoms with Gasteiger partial charge in [0.25, 0.3) is 0 Å². The normalized spacial score (nSPS) is 11.9. The van der Waals surface area contributed by atoms with Crippen molar-refractivity contribution in [2.45, 2.75) is 26.3 Å². The van der Waals surface area contributed by atoms with Crippen LogP contribution < -0.4 is 14.8 Å². The van der Waals surface area contributed by atoms with Crippen molar-refractivity contribution in [3.8, 4) is 11.5 Å². The van der Waals surface area contributed by atoms with Crippen LogP contribution in [0.1, 0.15) is 18.1 Å². The quantitative estimate of drug-likeness (QED) is 0.786. The molecule has 1 N–H and O–H groups in total. The fourth-order valence-corrected chi connectivity index (χ4v) is 2.69. The summed E-state index contributed by atoms with van der Waals surface area (Å²) in [6.45, 7) is 4.67. The van der Waals surface area contributed by atoms with Crippen molar-refractivity contribution in [1.29, 1.82) is 0 Å². The predicted octanol–water partition coefficient (Wildman–Crippen LogP) is 3.51. The Labute approximate surface area is 155 Å². The molecule has 5 heteroatoms. The maximum Gasteiger partial charge on any atom is 0.241 e. The van der Waals surface area contributed by atoms with E-state index in [9.17, 15) is 4.79 Å². The summed E-state index contributed by atoms with van der Waals surface area (Å²) in [5.41, 5.74) is 3.06. The number of anilines is 1. The zero-order chi connectivity index (χ0) is 19.1. The number of carbonyl (C=O) groups is 1. The number of carbonyl (C=O) groups excluding carboxylic acids is 1. The van der Waals surface area contributed by atoms with E-state index < -0.39 is 0 Å². The largest absolute Gasteiger partial charge is 0.493 e. The molecule has 2 aromatic rings. The Hall–Kier alpha value is -2.53. The zero-order valence-electron chi connectivity index (χ0n) is 16.2. The molecule has 2 aromatic carbocycles. The molecule has 0 spiro atoms. The van der Waals surface area contributed by atoms with Gasteiger partial charge in [0.05, 0.1) is 20.3 Å². The number of hydrogen-bond donors (Lipinski definition) is 1. The van der Waals surface area contributed by atoms with E-state index >= 15 is 0 Å². The Morgan fingerprint density at radius 1 is 1.12 bits per heavy atom. The maximum absolute atomic E-state index is 12.5. The van der Waals surface area contributed by atoms with Crippen LogP contribution in [0.3, 0.4) is 0 Å². The van der Waals surface area contributed by atoms with Gasteiger partial charge in [0, 0.05) is 12.2 Å². The van der Waals surface area contributed by atoms with Crippen LogP contribution in [0.4, 0.5) is 5.69 Å². The molecule has 1 atom stereocenters. The molecule has 0 unspecified atom stereocenters. The molecule has 26 heavy (non-hydrogen) atoms. The summed E-state index contributed by atoms with van der Waals surface area (Å²) < 4.78 is 10.6. The fourth-order valence-electron chi connectivity index (χ4n) is 2.69. The van der Waals surface area contributed by atoms with E-state index in [1.165, 1.54) is 0 Å². The number of ether oxygens (including phenoxy) is 2. The average Bonchev–Trinajstić information content (AvgIpc) is 2.66. The Morgan fingerprint density at radius 2 is 1.81 bits per heavy atom. The molecule has 5 nitrogen and oxygen atoms in total. The third-order valence-electron chi connectivity index (χ3n) is 4.64. The number of nitrogens with zero attached hydrogens (tertiary/aromatic N) is 1. The lowest BCUT2D eigenvalue weighted by molar-refractivity contribution is -0.120. The average molecular weight is 356 g/mol. The van der Waals surface area contributed by atoms with E-state index in [0.29, 0.717) is 0 Å². The second-order valence-corrected chi connectivity index (χ2v) is 6.40. The standard InChI is InChI=1S/C21H28N2O3/c1-15-8-6-7-9-18(15)22-21(24)16(2)23(3)13-12-17-10-11-19(25-4)20(14-17)26-5/h6-11,14,16H,12-13H2,1-5H3,(H,22,24)/t16-/m0/s1. The second-order valence-electron chi connectivity index (χ2n) is 6.40. The van der Waals surface area contributed by atoms with Gasteiger partial charge in [-0.25, -0.2) is 0 Å². The van der Waals surface area contributed by atoms with Crippen LogP contribution in [0, 0.1) is 6.92 Å². The van der Waals surface area contributed by atoms with E-state index in [1.807, 2.05) is 68.3 Å². The number of amides is 1.